The van der Waals surface area contributed by atoms with Crippen LogP contribution in [0, 0.1) is 0 Å². The van der Waals surface area contributed by atoms with Gasteiger partial charge in [0.15, 0.2) is 0 Å². The van der Waals surface area contributed by atoms with Gasteiger partial charge in [0.2, 0.25) is 0 Å². The summed E-state index contributed by atoms with van der Waals surface area (Å²) in [5.74, 6) is -2.86. The van der Waals surface area contributed by atoms with E-state index >= 15 is 0 Å². The lowest BCUT2D eigenvalue weighted by atomic mass is 10.1. The first kappa shape index (κ1) is 18.1. The van der Waals surface area contributed by atoms with Crippen LogP contribution in [-0.4, -0.2) is 50.6 Å². The minimum Gasteiger partial charge on any atom is -0.545 e. The summed E-state index contributed by atoms with van der Waals surface area (Å²) in [6.07, 6.45) is -1.43. The molecule has 1 amide bonds. The number of carbonyl (C=O) groups excluding carboxylic acids is 2. The van der Waals surface area contributed by atoms with E-state index < -0.39 is 52.0 Å². The van der Waals surface area contributed by atoms with E-state index in [4.69, 9.17) is 0 Å². The third-order valence-electron chi connectivity index (χ3n) is 2.56. The Kier molecular flexibility index (Phi) is 5.27. The zero-order valence-corrected chi connectivity index (χ0v) is 12.0. The number of carboxylic acid groups (broad SMARTS) is 1. The second-order valence-electron chi connectivity index (χ2n) is 4.04. The molecule has 0 fully saturated rings. The van der Waals surface area contributed by atoms with Gasteiger partial charge in [-0.3, -0.25) is 0 Å². The van der Waals surface area contributed by atoms with E-state index in [1.54, 1.807) is 0 Å². The number of halogens is 3. The van der Waals surface area contributed by atoms with Gasteiger partial charge >= 0.3 is 21.7 Å². The van der Waals surface area contributed by atoms with Crippen LogP contribution in [0.5, 0.6) is 0 Å². The summed E-state index contributed by atoms with van der Waals surface area (Å²) in [7, 11) is -6.00. The second kappa shape index (κ2) is 6.42. The molecule has 0 spiro atoms. The topological polar surface area (TPSA) is 113 Å². The molecule has 0 aromatic heterocycles. The molecule has 8 nitrogen and oxygen atoms in total. The highest BCUT2D eigenvalue weighted by Crippen LogP contribution is 2.30. The third-order valence-corrected chi connectivity index (χ3v) is 3.55. The first-order valence-corrected chi connectivity index (χ1v) is 7.26. The van der Waals surface area contributed by atoms with E-state index in [2.05, 4.69) is 8.92 Å². The number of ether oxygens (including phenoxy) is 1. The lowest BCUT2D eigenvalue weighted by molar-refractivity contribution is -0.299. The fraction of sp³-hybridized carbons (Fsp3) is 0.600. The molecule has 22 heavy (non-hydrogen) atoms. The molecule has 0 aromatic rings. The van der Waals surface area contributed by atoms with Crippen molar-refractivity contribution in [2.45, 2.75) is 18.9 Å². The van der Waals surface area contributed by atoms with Gasteiger partial charge < -0.3 is 23.7 Å². The molecule has 0 radical (unpaired) electrons. The normalized spacial score (nSPS) is 16.5. The average Bonchev–Trinajstić information content (AvgIpc) is 2.37. The van der Waals surface area contributed by atoms with E-state index in [-0.39, 0.29) is 13.2 Å². The van der Waals surface area contributed by atoms with Gasteiger partial charge in [-0.25, -0.2) is 4.79 Å². The van der Waals surface area contributed by atoms with E-state index in [9.17, 15) is 36.3 Å². The maximum atomic E-state index is 12.2. The van der Waals surface area contributed by atoms with Gasteiger partial charge in [0, 0.05) is 18.5 Å². The maximum absolute atomic E-state index is 12.2. The highest BCUT2D eigenvalue weighted by atomic mass is 32.2. The van der Waals surface area contributed by atoms with Crippen molar-refractivity contribution in [3.8, 4) is 0 Å². The van der Waals surface area contributed by atoms with Crippen LogP contribution in [0.15, 0.2) is 11.3 Å². The zero-order valence-electron chi connectivity index (χ0n) is 11.2. The summed E-state index contributed by atoms with van der Waals surface area (Å²) in [6.45, 7) is 0.551. The minimum atomic E-state index is -6.00. The van der Waals surface area contributed by atoms with Crippen molar-refractivity contribution in [1.29, 1.82) is 0 Å². The Morgan fingerprint density at radius 1 is 1.36 bits per heavy atom. The number of carboxylic acids is 1. The molecule has 0 aromatic carbocycles. The number of nitrogens with zero attached hydrogens (tertiary/aromatic N) is 1. The molecule has 0 saturated carbocycles. The number of carbonyl (C=O) groups is 2. The summed E-state index contributed by atoms with van der Waals surface area (Å²) in [6, 6.07) is 0. The summed E-state index contributed by atoms with van der Waals surface area (Å²) in [5.41, 5.74) is -6.57. The van der Waals surface area contributed by atoms with Gasteiger partial charge in [-0.15, -0.1) is 0 Å². The highest BCUT2D eigenvalue weighted by Gasteiger charge is 2.49. The first-order chi connectivity index (χ1) is 9.99. The summed E-state index contributed by atoms with van der Waals surface area (Å²) in [5, 5.41) is 10.9. The number of alkyl halides is 3. The van der Waals surface area contributed by atoms with E-state index in [1.165, 1.54) is 6.92 Å². The number of hydrogen-bond donors (Lipinski definition) is 0. The molecule has 0 bridgehead atoms. The van der Waals surface area contributed by atoms with Gasteiger partial charge in [0.25, 0.3) is 0 Å². The second-order valence-corrected chi connectivity index (χ2v) is 5.58. The SMILES string of the molecule is CCOC(=O)N1CCC(OS(=O)(=O)C(F)(F)F)=C(C(=O)[O-])C1. The van der Waals surface area contributed by atoms with Crippen molar-refractivity contribution in [3.63, 3.8) is 0 Å². The molecule has 126 valence electrons. The number of rotatable bonds is 4. The van der Waals surface area contributed by atoms with Crippen molar-refractivity contribution in [2.75, 3.05) is 19.7 Å². The third kappa shape index (κ3) is 4.02. The Morgan fingerprint density at radius 3 is 2.41 bits per heavy atom. The smallest absolute Gasteiger partial charge is 0.534 e. The lowest BCUT2D eigenvalue weighted by Crippen LogP contribution is -2.43. The fourth-order valence-corrected chi connectivity index (χ4v) is 2.11. The van der Waals surface area contributed by atoms with Gasteiger partial charge in [-0.2, -0.15) is 21.6 Å². The van der Waals surface area contributed by atoms with Gasteiger partial charge in [0.1, 0.15) is 5.76 Å². The Labute approximate surface area is 123 Å². The molecule has 0 atom stereocenters. The van der Waals surface area contributed by atoms with Gasteiger partial charge in [0.05, 0.1) is 19.1 Å². The average molecular weight is 346 g/mol. The van der Waals surface area contributed by atoms with Crippen molar-refractivity contribution < 1.29 is 45.2 Å². The van der Waals surface area contributed by atoms with Crippen LogP contribution < -0.4 is 5.11 Å². The predicted molar refractivity (Wildman–Crippen MR) is 61.3 cm³/mol. The van der Waals surface area contributed by atoms with Crippen molar-refractivity contribution in [2.24, 2.45) is 0 Å². The van der Waals surface area contributed by atoms with Crippen LogP contribution in [-0.2, 0) is 23.8 Å². The van der Waals surface area contributed by atoms with Crippen molar-refractivity contribution in [3.05, 3.63) is 11.3 Å². The number of hydrogen-bond acceptors (Lipinski definition) is 7. The monoisotopic (exact) mass is 346 g/mol. The molecule has 0 aliphatic carbocycles. The molecule has 0 saturated heterocycles. The summed E-state index contributed by atoms with van der Waals surface area (Å²) >= 11 is 0. The molecule has 0 N–H and O–H groups in total. The van der Waals surface area contributed by atoms with Crippen molar-refractivity contribution >= 4 is 22.2 Å². The highest BCUT2D eigenvalue weighted by molar-refractivity contribution is 7.87. The van der Waals surface area contributed by atoms with Crippen LogP contribution >= 0.6 is 0 Å². The number of amides is 1. The summed E-state index contributed by atoms with van der Waals surface area (Å²) in [4.78, 5) is 23.2. The quantitative estimate of drug-likeness (QED) is 0.508. The van der Waals surface area contributed by atoms with E-state index in [0.29, 0.717) is 0 Å². The van der Waals surface area contributed by atoms with Gasteiger partial charge in [-0.05, 0) is 6.92 Å². The first-order valence-electron chi connectivity index (χ1n) is 5.85. The zero-order chi connectivity index (χ0) is 17.1. The van der Waals surface area contributed by atoms with Crippen LogP contribution in [0.2, 0.25) is 0 Å². The molecular weight excluding hydrogens is 335 g/mol. The molecular formula is C10H11F3NO7S-. The van der Waals surface area contributed by atoms with E-state index in [0.717, 1.165) is 4.90 Å². The molecule has 1 aliphatic rings. The standard InChI is InChI=1S/C10H12F3NO7S/c1-2-20-9(17)14-4-3-7(6(5-14)8(15)16)21-22(18,19)10(11,12)13/h2-5H2,1H3,(H,15,16)/p-1. The fourth-order valence-electron chi connectivity index (χ4n) is 1.57. The Hall–Kier alpha value is -1.98. The number of aliphatic carboxylic acids is 1. The molecule has 1 rings (SSSR count). The largest absolute Gasteiger partial charge is 0.545 e. The van der Waals surface area contributed by atoms with Crippen LogP contribution in [0.25, 0.3) is 0 Å². The molecule has 0 unspecified atom stereocenters. The Bertz CT molecular complexity index is 596. The van der Waals surface area contributed by atoms with Crippen molar-refractivity contribution in [1.82, 2.24) is 4.90 Å². The van der Waals surface area contributed by atoms with Crippen LogP contribution in [0.3, 0.4) is 0 Å². The Balaban J connectivity index is 3.05. The predicted octanol–water partition coefficient (Wildman–Crippen LogP) is -0.281. The summed E-state index contributed by atoms with van der Waals surface area (Å²) < 4.78 is 67.0. The molecule has 1 aliphatic heterocycles. The minimum absolute atomic E-state index is 0.00547. The van der Waals surface area contributed by atoms with Crippen LogP contribution in [0.4, 0.5) is 18.0 Å². The molecule has 12 heteroatoms. The van der Waals surface area contributed by atoms with Crippen LogP contribution in [0.1, 0.15) is 13.3 Å². The maximum Gasteiger partial charge on any atom is 0.534 e. The van der Waals surface area contributed by atoms with E-state index in [1.807, 2.05) is 0 Å². The Morgan fingerprint density at radius 2 is 1.95 bits per heavy atom. The lowest BCUT2D eigenvalue weighted by Gasteiger charge is -2.30. The molecule has 1 heterocycles. The van der Waals surface area contributed by atoms with Gasteiger partial charge in [-0.1, -0.05) is 0 Å².